The number of halogens is 1. The van der Waals surface area contributed by atoms with E-state index in [0.717, 1.165) is 69.7 Å². The average Bonchev–Trinajstić information content (AvgIpc) is 3.25. The zero-order valence-corrected chi connectivity index (χ0v) is 18.8. The van der Waals surface area contributed by atoms with E-state index in [2.05, 4.69) is 34.9 Å². The van der Waals surface area contributed by atoms with Crippen LogP contribution in [-0.2, 0) is 24.3 Å². The quantitative estimate of drug-likeness (QED) is 0.356. The highest BCUT2D eigenvalue weighted by atomic mass is 127. The molecule has 27 heavy (non-hydrogen) atoms. The second-order valence-electron chi connectivity index (χ2n) is 7.06. The number of aliphatic imine (C=N–C) groups is 1. The molecular weight excluding hydrogens is 459 g/mol. The van der Waals surface area contributed by atoms with Crippen LogP contribution in [0.25, 0.3) is 0 Å². The van der Waals surface area contributed by atoms with Gasteiger partial charge in [0, 0.05) is 73.3 Å². The maximum Gasteiger partial charge on any atom is 0.223 e. The van der Waals surface area contributed by atoms with Crippen LogP contribution in [0.2, 0.25) is 0 Å². The molecule has 3 rings (SSSR count). The number of rotatable bonds is 5. The summed E-state index contributed by atoms with van der Waals surface area (Å²) in [6, 6.07) is 0. The third kappa shape index (κ3) is 5.53. The van der Waals surface area contributed by atoms with Crippen LogP contribution >= 0.6 is 24.0 Å². The summed E-state index contributed by atoms with van der Waals surface area (Å²) in [6.07, 6.45) is 2.77. The van der Waals surface area contributed by atoms with Gasteiger partial charge in [-0.2, -0.15) is 0 Å². The molecule has 9 nitrogen and oxygen atoms in total. The molecule has 0 bridgehead atoms. The monoisotopic (exact) mass is 490 g/mol. The number of carbonyl (C=O) groups excluding carboxylic acids is 1. The van der Waals surface area contributed by atoms with E-state index in [1.165, 1.54) is 0 Å². The lowest BCUT2D eigenvalue weighted by atomic mass is 10.3. The number of guanidine groups is 1. The van der Waals surface area contributed by atoms with Gasteiger partial charge in [-0.3, -0.25) is 14.7 Å². The molecule has 0 spiro atoms. The van der Waals surface area contributed by atoms with E-state index in [-0.39, 0.29) is 29.9 Å². The van der Waals surface area contributed by atoms with Crippen LogP contribution in [0.3, 0.4) is 0 Å². The van der Waals surface area contributed by atoms with Gasteiger partial charge in [0.15, 0.2) is 11.8 Å². The molecule has 1 fully saturated rings. The number of fused-ring (bicyclic) bond motifs is 1. The predicted octanol–water partition coefficient (Wildman–Crippen LogP) is 0.0136. The smallest absolute Gasteiger partial charge is 0.223 e. The number of hydrogen-bond donors (Lipinski definition) is 1. The van der Waals surface area contributed by atoms with Crippen LogP contribution in [0.4, 0.5) is 0 Å². The Morgan fingerprint density at radius 3 is 2.59 bits per heavy atom. The average molecular weight is 490 g/mol. The van der Waals surface area contributed by atoms with Crippen molar-refractivity contribution in [1.82, 2.24) is 34.8 Å². The largest absolute Gasteiger partial charge is 0.349 e. The van der Waals surface area contributed by atoms with E-state index in [1.54, 1.807) is 19.0 Å². The molecule has 0 unspecified atom stereocenters. The Kier molecular flexibility index (Phi) is 8.27. The van der Waals surface area contributed by atoms with Crippen molar-refractivity contribution in [2.45, 2.75) is 32.4 Å². The van der Waals surface area contributed by atoms with E-state index >= 15 is 0 Å². The lowest BCUT2D eigenvalue weighted by Crippen LogP contribution is -2.52. The minimum Gasteiger partial charge on any atom is -0.349 e. The van der Waals surface area contributed by atoms with Crippen LogP contribution in [0.15, 0.2) is 4.99 Å². The van der Waals surface area contributed by atoms with Crippen molar-refractivity contribution in [3.8, 4) is 0 Å². The number of hydrogen-bond acceptors (Lipinski definition) is 5. The van der Waals surface area contributed by atoms with Crippen LogP contribution < -0.4 is 5.32 Å². The summed E-state index contributed by atoms with van der Waals surface area (Å²) in [5, 5.41) is 12.0. The predicted molar refractivity (Wildman–Crippen MR) is 115 cm³/mol. The minimum atomic E-state index is 0. The summed E-state index contributed by atoms with van der Waals surface area (Å²) in [5.74, 6) is 3.17. The summed E-state index contributed by atoms with van der Waals surface area (Å²) in [5.41, 5.74) is 0. The zero-order valence-electron chi connectivity index (χ0n) is 16.5. The summed E-state index contributed by atoms with van der Waals surface area (Å²) in [7, 11) is 5.43. The van der Waals surface area contributed by atoms with Gasteiger partial charge in [-0.05, 0) is 6.42 Å². The zero-order chi connectivity index (χ0) is 18.5. The second kappa shape index (κ2) is 10.2. The lowest BCUT2D eigenvalue weighted by molar-refractivity contribution is -0.129. The van der Waals surface area contributed by atoms with Crippen molar-refractivity contribution in [3.63, 3.8) is 0 Å². The van der Waals surface area contributed by atoms with Crippen LogP contribution in [-0.4, -0.2) is 95.2 Å². The molecule has 2 aliphatic heterocycles. The highest BCUT2D eigenvalue weighted by Crippen LogP contribution is 2.13. The molecule has 0 aromatic carbocycles. The van der Waals surface area contributed by atoms with E-state index in [9.17, 15) is 4.79 Å². The number of piperazine rings is 1. The van der Waals surface area contributed by atoms with Gasteiger partial charge in [0.1, 0.15) is 5.82 Å². The third-order valence-corrected chi connectivity index (χ3v) is 5.12. The summed E-state index contributed by atoms with van der Waals surface area (Å²) < 4.78 is 2.21. The van der Waals surface area contributed by atoms with Crippen molar-refractivity contribution in [1.29, 1.82) is 0 Å². The topological polar surface area (TPSA) is 81.9 Å². The Morgan fingerprint density at radius 1 is 1.19 bits per heavy atom. The SMILES string of the molecule is CN=C(NCc1nnc2n1CCC2)N1CCN(CCC(=O)N(C)C)CC1.I. The van der Waals surface area contributed by atoms with Gasteiger partial charge in [-0.25, -0.2) is 0 Å². The lowest BCUT2D eigenvalue weighted by Gasteiger charge is -2.36. The maximum absolute atomic E-state index is 11.7. The Labute approximate surface area is 178 Å². The van der Waals surface area contributed by atoms with E-state index in [1.807, 2.05) is 7.05 Å². The molecule has 152 valence electrons. The molecule has 1 saturated heterocycles. The van der Waals surface area contributed by atoms with E-state index < -0.39 is 0 Å². The highest BCUT2D eigenvalue weighted by Gasteiger charge is 2.21. The second-order valence-corrected chi connectivity index (χ2v) is 7.06. The van der Waals surface area contributed by atoms with Crippen molar-refractivity contribution in [2.75, 3.05) is 53.9 Å². The first-order valence-corrected chi connectivity index (χ1v) is 9.37. The highest BCUT2D eigenvalue weighted by molar-refractivity contribution is 14.0. The van der Waals surface area contributed by atoms with Crippen LogP contribution in [0.5, 0.6) is 0 Å². The van der Waals surface area contributed by atoms with E-state index in [4.69, 9.17) is 0 Å². The van der Waals surface area contributed by atoms with Gasteiger partial charge in [0.2, 0.25) is 5.91 Å². The van der Waals surface area contributed by atoms with Gasteiger partial charge in [-0.15, -0.1) is 34.2 Å². The number of amides is 1. The number of carbonyl (C=O) groups is 1. The number of aryl methyl sites for hydroxylation is 1. The molecule has 1 amide bonds. The minimum absolute atomic E-state index is 0. The molecule has 1 N–H and O–H groups in total. The molecule has 1 aromatic rings. The molecular formula is C17H31IN8O. The van der Waals surface area contributed by atoms with Gasteiger partial charge in [0.25, 0.3) is 0 Å². The Hall–Kier alpha value is -1.43. The molecule has 10 heteroatoms. The number of aromatic nitrogens is 3. The Bertz CT molecular complexity index is 651. The van der Waals surface area contributed by atoms with Crippen molar-refractivity contribution in [3.05, 3.63) is 11.6 Å². The van der Waals surface area contributed by atoms with Crippen LogP contribution in [0, 0.1) is 0 Å². The molecule has 0 radical (unpaired) electrons. The normalized spacial score (nSPS) is 17.4. The molecule has 3 heterocycles. The van der Waals surface area contributed by atoms with Crippen molar-refractivity contribution >= 4 is 35.8 Å². The standard InChI is InChI=1S/C17H30N8O.HI/c1-18-17(19-13-15-21-20-14-5-4-7-25(14)15)24-11-9-23(10-12-24)8-6-16(26)22(2)3;/h4-13H2,1-3H3,(H,18,19);1H. The first-order chi connectivity index (χ1) is 12.6. The fraction of sp³-hybridized carbons (Fsp3) is 0.765. The summed E-state index contributed by atoms with van der Waals surface area (Å²) in [4.78, 5) is 22.4. The number of nitrogens with one attached hydrogen (secondary N) is 1. The first-order valence-electron chi connectivity index (χ1n) is 9.37. The van der Waals surface area contributed by atoms with Gasteiger partial charge < -0.3 is 19.7 Å². The van der Waals surface area contributed by atoms with Gasteiger partial charge in [-0.1, -0.05) is 0 Å². The Morgan fingerprint density at radius 2 is 1.93 bits per heavy atom. The van der Waals surface area contributed by atoms with Crippen molar-refractivity contribution in [2.24, 2.45) is 4.99 Å². The molecule has 0 saturated carbocycles. The van der Waals surface area contributed by atoms with Gasteiger partial charge >= 0.3 is 0 Å². The summed E-state index contributed by atoms with van der Waals surface area (Å²) >= 11 is 0. The summed E-state index contributed by atoms with van der Waals surface area (Å²) in [6.45, 7) is 6.20. The van der Waals surface area contributed by atoms with Crippen molar-refractivity contribution < 1.29 is 4.79 Å². The maximum atomic E-state index is 11.7. The first kappa shape index (κ1) is 21.9. The number of nitrogens with zero attached hydrogens (tertiary/aromatic N) is 7. The molecule has 0 aliphatic carbocycles. The molecule has 1 aromatic heterocycles. The molecule has 0 atom stereocenters. The fourth-order valence-corrected chi connectivity index (χ4v) is 3.49. The molecule has 2 aliphatic rings. The van der Waals surface area contributed by atoms with Crippen LogP contribution in [0.1, 0.15) is 24.5 Å². The third-order valence-electron chi connectivity index (χ3n) is 5.12. The van der Waals surface area contributed by atoms with E-state index in [0.29, 0.717) is 13.0 Å². The van der Waals surface area contributed by atoms with Gasteiger partial charge in [0.05, 0.1) is 6.54 Å². The Balaban J connectivity index is 0.00000261. The fourth-order valence-electron chi connectivity index (χ4n) is 3.49.